The molecule has 38 heavy (non-hydrogen) atoms. The van der Waals surface area contributed by atoms with Gasteiger partial charge in [-0.1, -0.05) is 38.4 Å². The Kier molecular flexibility index (Phi) is 7.88. The van der Waals surface area contributed by atoms with E-state index in [1.54, 1.807) is 42.6 Å². The molecule has 0 fully saturated rings. The number of aromatic nitrogens is 1. The van der Waals surface area contributed by atoms with Gasteiger partial charge >= 0.3 is 0 Å². The van der Waals surface area contributed by atoms with E-state index in [2.05, 4.69) is 30.7 Å². The van der Waals surface area contributed by atoms with E-state index in [1.165, 1.54) is 0 Å². The molecule has 0 spiro atoms. The Morgan fingerprint density at radius 2 is 1.84 bits per heavy atom. The molecule has 0 unspecified atom stereocenters. The van der Waals surface area contributed by atoms with E-state index in [9.17, 15) is 9.59 Å². The summed E-state index contributed by atoms with van der Waals surface area (Å²) in [4.78, 5) is 33.8. The van der Waals surface area contributed by atoms with Crippen LogP contribution in [-0.2, 0) is 11.2 Å². The first-order valence-electron chi connectivity index (χ1n) is 12.5. The molecular formula is C30H32ClN3O4. The van der Waals surface area contributed by atoms with Crippen LogP contribution in [0.25, 0.3) is 10.9 Å². The molecular weight excluding hydrogens is 502 g/mol. The number of fused-ring (bicyclic) bond motifs is 1. The second-order valence-electron chi connectivity index (χ2n) is 10.7. The van der Waals surface area contributed by atoms with Gasteiger partial charge in [0.05, 0.1) is 23.7 Å². The molecule has 0 atom stereocenters. The number of amides is 1. The smallest absolute Gasteiger partial charge is 0.252 e. The number of primary amides is 1. The molecule has 2 aromatic carbocycles. The molecule has 4 rings (SSSR count). The van der Waals surface area contributed by atoms with E-state index in [-0.39, 0.29) is 29.3 Å². The maximum Gasteiger partial charge on any atom is 0.252 e. The first-order chi connectivity index (χ1) is 17.9. The summed E-state index contributed by atoms with van der Waals surface area (Å²) in [6.07, 6.45) is 4.09. The highest BCUT2D eigenvalue weighted by atomic mass is 35.5. The van der Waals surface area contributed by atoms with Crippen LogP contribution in [-0.4, -0.2) is 35.0 Å². The number of halogens is 1. The highest BCUT2D eigenvalue weighted by molar-refractivity contribution is 6.31. The molecule has 3 aromatic rings. The van der Waals surface area contributed by atoms with E-state index in [4.69, 9.17) is 26.8 Å². The monoisotopic (exact) mass is 533 g/mol. The summed E-state index contributed by atoms with van der Waals surface area (Å²) in [5, 5.41) is 1.04. The number of hydrogen-bond donors (Lipinski definition) is 1. The predicted octanol–water partition coefficient (Wildman–Crippen LogP) is 6.50. The number of rotatable bonds is 9. The molecule has 7 nitrogen and oxygen atoms in total. The third-order valence-electron chi connectivity index (χ3n) is 6.06. The molecule has 0 radical (unpaired) electrons. The van der Waals surface area contributed by atoms with Gasteiger partial charge in [0.2, 0.25) is 0 Å². The Balaban J connectivity index is 1.50. The lowest BCUT2D eigenvalue weighted by Gasteiger charge is -2.16. The number of ketones is 1. The summed E-state index contributed by atoms with van der Waals surface area (Å²) < 4.78 is 11.9. The summed E-state index contributed by atoms with van der Waals surface area (Å²) >= 11 is 6.53. The van der Waals surface area contributed by atoms with Crippen LogP contribution >= 0.6 is 11.6 Å². The van der Waals surface area contributed by atoms with Crippen LogP contribution in [0.15, 0.2) is 59.2 Å². The minimum absolute atomic E-state index is 0.0321. The van der Waals surface area contributed by atoms with Gasteiger partial charge in [-0.15, -0.1) is 0 Å². The van der Waals surface area contributed by atoms with Gasteiger partial charge in [0, 0.05) is 46.6 Å². The van der Waals surface area contributed by atoms with Crippen molar-refractivity contribution in [1.29, 1.82) is 0 Å². The molecule has 198 valence electrons. The molecule has 1 amide bonds. The standard InChI is InChI=1S/C30H32ClN3O4/c1-17(2)37-27-15-25-22(14-23(27)29(32)36)26(8-9-33-25)38-21-7-6-19(24(31)13-21)12-20(35)10-18-11-28(34-16-18)30(3,4)5/h6-9,11,13-15,17H,10,12,16H2,1-5H3,(H2,32,36). The number of pyridine rings is 1. The van der Waals surface area contributed by atoms with Crippen molar-refractivity contribution in [3.8, 4) is 17.2 Å². The average Bonchev–Trinajstić information content (AvgIpc) is 3.29. The van der Waals surface area contributed by atoms with Crippen molar-refractivity contribution >= 4 is 39.9 Å². The minimum atomic E-state index is -0.607. The van der Waals surface area contributed by atoms with Crippen molar-refractivity contribution in [2.45, 2.75) is 53.6 Å². The zero-order valence-electron chi connectivity index (χ0n) is 22.3. The second kappa shape index (κ2) is 11.0. The molecule has 2 N–H and O–H groups in total. The SMILES string of the molecule is CC(C)Oc1cc2nccc(Oc3ccc(CC(=O)CC4=CC(C(C)(C)C)=NC4)c(Cl)c3)c2cc1C(N)=O. The quantitative estimate of drug-likeness (QED) is 0.338. The van der Waals surface area contributed by atoms with Gasteiger partial charge in [0.25, 0.3) is 5.91 Å². The van der Waals surface area contributed by atoms with Gasteiger partial charge in [-0.25, -0.2) is 0 Å². The molecule has 1 aromatic heterocycles. The highest BCUT2D eigenvalue weighted by Gasteiger charge is 2.22. The normalized spacial score (nSPS) is 13.4. The third kappa shape index (κ3) is 6.40. The van der Waals surface area contributed by atoms with Gasteiger partial charge in [0.1, 0.15) is 23.0 Å². The number of carbonyl (C=O) groups excluding carboxylic acids is 2. The average molecular weight is 534 g/mol. The van der Waals surface area contributed by atoms with Gasteiger partial charge in [0.15, 0.2) is 0 Å². The number of nitrogens with zero attached hydrogens (tertiary/aromatic N) is 2. The molecule has 0 bridgehead atoms. The van der Waals surface area contributed by atoms with Crippen molar-refractivity contribution in [2.75, 3.05) is 6.54 Å². The summed E-state index contributed by atoms with van der Waals surface area (Å²) in [6.45, 7) is 10.6. The Morgan fingerprint density at radius 1 is 1.08 bits per heavy atom. The van der Waals surface area contributed by atoms with Crippen molar-refractivity contribution < 1.29 is 19.1 Å². The van der Waals surface area contributed by atoms with Crippen LogP contribution in [0, 0.1) is 5.41 Å². The summed E-state index contributed by atoms with van der Waals surface area (Å²) in [5.74, 6) is 0.816. The number of aliphatic imine (C=N–C) groups is 1. The van der Waals surface area contributed by atoms with Crippen molar-refractivity contribution in [1.82, 2.24) is 4.98 Å². The molecule has 0 aliphatic carbocycles. The van der Waals surface area contributed by atoms with Crippen LogP contribution in [0.2, 0.25) is 5.02 Å². The molecule has 2 heterocycles. The Hall–Kier alpha value is -3.71. The first-order valence-corrected chi connectivity index (χ1v) is 12.9. The van der Waals surface area contributed by atoms with Crippen LogP contribution in [0.3, 0.4) is 0 Å². The lowest BCUT2D eigenvalue weighted by atomic mass is 9.89. The van der Waals surface area contributed by atoms with Crippen LogP contribution in [0.4, 0.5) is 0 Å². The number of ether oxygens (including phenoxy) is 2. The van der Waals surface area contributed by atoms with E-state index < -0.39 is 5.91 Å². The summed E-state index contributed by atoms with van der Waals surface area (Å²) in [5.41, 5.74) is 9.18. The molecule has 0 saturated heterocycles. The number of allylic oxidation sites excluding steroid dienone is 1. The van der Waals surface area contributed by atoms with Gasteiger partial charge in [-0.05, 0) is 55.3 Å². The number of benzene rings is 2. The van der Waals surface area contributed by atoms with E-state index in [0.717, 1.165) is 16.8 Å². The van der Waals surface area contributed by atoms with E-state index in [0.29, 0.717) is 46.1 Å². The van der Waals surface area contributed by atoms with E-state index >= 15 is 0 Å². The van der Waals surface area contributed by atoms with Crippen LogP contribution < -0.4 is 15.2 Å². The molecule has 1 aliphatic heterocycles. The first kappa shape index (κ1) is 27.3. The lowest BCUT2D eigenvalue weighted by molar-refractivity contribution is -0.117. The maximum absolute atomic E-state index is 12.7. The Labute approximate surface area is 227 Å². The number of nitrogens with two attached hydrogens (primary N) is 1. The van der Waals surface area contributed by atoms with Crippen LogP contribution in [0.1, 0.15) is 57.0 Å². The zero-order valence-corrected chi connectivity index (χ0v) is 23.1. The largest absolute Gasteiger partial charge is 0.490 e. The fraction of sp³-hybridized carbons (Fsp3) is 0.333. The number of carbonyl (C=O) groups is 2. The number of Topliss-reactive ketones (excluding diaryl/α,β-unsaturated/α-hetero) is 1. The van der Waals surface area contributed by atoms with Crippen molar-refractivity contribution in [2.24, 2.45) is 16.1 Å². The minimum Gasteiger partial charge on any atom is -0.490 e. The Bertz CT molecular complexity index is 1470. The lowest BCUT2D eigenvalue weighted by Crippen LogP contribution is -2.16. The molecule has 0 saturated carbocycles. The van der Waals surface area contributed by atoms with Crippen molar-refractivity contribution in [3.05, 3.63) is 70.4 Å². The third-order valence-corrected chi connectivity index (χ3v) is 6.41. The summed E-state index contributed by atoms with van der Waals surface area (Å²) in [7, 11) is 0. The Morgan fingerprint density at radius 3 is 2.47 bits per heavy atom. The van der Waals surface area contributed by atoms with Gasteiger partial charge in [-0.2, -0.15) is 0 Å². The fourth-order valence-corrected chi connectivity index (χ4v) is 4.44. The van der Waals surface area contributed by atoms with E-state index in [1.807, 2.05) is 19.9 Å². The fourth-order valence-electron chi connectivity index (χ4n) is 4.20. The highest BCUT2D eigenvalue weighted by Crippen LogP contribution is 2.35. The van der Waals surface area contributed by atoms with Crippen LogP contribution in [0.5, 0.6) is 17.2 Å². The maximum atomic E-state index is 12.7. The van der Waals surface area contributed by atoms with Gasteiger partial charge < -0.3 is 15.2 Å². The predicted molar refractivity (Wildman–Crippen MR) is 151 cm³/mol. The number of hydrogen-bond acceptors (Lipinski definition) is 6. The van der Waals surface area contributed by atoms with Crippen molar-refractivity contribution in [3.63, 3.8) is 0 Å². The molecule has 8 heteroatoms. The van der Waals surface area contributed by atoms with Gasteiger partial charge in [-0.3, -0.25) is 19.6 Å². The zero-order chi connectivity index (χ0) is 27.6. The molecule has 1 aliphatic rings. The summed E-state index contributed by atoms with van der Waals surface area (Å²) in [6, 6.07) is 10.2. The topological polar surface area (TPSA) is 104 Å². The second-order valence-corrected chi connectivity index (χ2v) is 11.1.